The van der Waals surface area contributed by atoms with Crippen molar-refractivity contribution in [3.8, 4) is 6.07 Å². The Balaban J connectivity index is 1.84. The largest absolute Gasteiger partial charge is 0.349 e. The molecular weight excluding hydrogens is 304 g/mol. The molecule has 0 aliphatic heterocycles. The SMILES string of the molecule is N#CCC1CCC(NC(=O)c2ccc(Br)cc2)CC1. The van der Waals surface area contributed by atoms with Gasteiger partial charge in [0, 0.05) is 22.5 Å². The summed E-state index contributed by atoms with van der Waals surface area (Å²) in [7, 11) is 0. The minimum atomic E-state index is -0.00349. The fraction of sp³-hybridized carbons (Fsp3) is 0.467. The number of carbonyl (C=O) groups is 1. The number of hydrogen-bond acceptors (Lipinski definition) is 2. The zero-order valence-corrected chi connectivity index (χ0v) is 12.3. The zero-order chi connectivity index (χ0) is 13.7. The molecule has 0 spiro atoms. The first-order valence-electron chi connectivity index (χ1n) is 6.62. The molecule has 2 rings (SSSR count). The lowest BCUT2D eigenvalue weighted by molar-refractivity contribution is 0.0922. The molecule has 1 fully saturated rings. The molecule has 1 saturated carbocycles. The van der Waals surface area contributed by atoms with Gasteiger partial charge in [-0.05, 0) is 55.9 Å². The van der Waals surface area contributed by atoms with Crippen LogP contribution in [0.5, 0.6) is 0 Å². The van der Waals surface area contributed by atoms with E-state index in [2.05, 4.69) is 27.3 Å². The molecule has 1 aliphatic carbocycles. The van der Waals surface area contributed by atoms with Crippen molar-refractivity contribution in [2.45, 2.75) is 38.1 Å². The first kappa shape index (κ1) is 14.1. The highest BCUT2D eigenvalue weighted by Gasteiger charge is 2.22. The third-order valence-corrected chi connectivity index (χ3v) is 4.20. The number of carbonyl (C=O) groups excluding carboxylic acids is 1. The average molecular weight is 321 g/mol. The van der Waals surface area contributed by atoms with Crippen LogP contribution in [0.2, 0.25) is 0 Å². The fourth-order valence-electron chi connectivity index (χ4n) is 2.51. The predicted octanol–water partition coefficient (Wildman–Crippen LogP) is 3.65. The van der Waals surface area contributed by atoms with E-state index < -0.39 is 0 Å². The summed E-state index contributed by atoms with van der Waals surface area (Å²) in [4.78, 5) is 12.1. The maximum atomic E-state index is 12.1. The molecule has 19 heavy (non-hydrogen) atoms. The van der Waals surface area contributed by atoms with Gasteiger partial charge in [0.25, 0.3) is 5.91 Å². The Hall–Kier alpha value is -1.34. The van der Waals surface area contributed by atoms with Crippen molar-refractivity contribution in [3.05, 3.63) is 34.3 Å². The Morgan fingerprint density at radius 1 is 1.26 bits per heavy atom. The van der Waals surface area contributed by atoms with Crippen LogP contribution in [0.25, 0.3) is 0 Å². The molecule has 0 unspecified atom stereocenters. The van der Waals surface area contributed by atoms with Crippen LogP contribution in [0.3, 0.4) is 0 Å². The van der Waals surface area contributed by atoms with Crippen LogP contribution in [0.1, 0.15) is 42.5 Å². The van der Waals surface area contributed by atoms with Gasteiger partial charge in [0.05, 0.1) is 6.07 Å². The Morgan fingerprint density at radius 2 is 1.89 bits per heavy atom. The van der Waals surface area contributed by atoms with Gasteiger partial charge in [0.15, 0.2) is 0 Å². The summed E-state index contributed by atoms with van der Waals surface area (Å²) in [5.74, 6) is 0.516. The number of benzene rings is 1. The summed E-state index contributed by atoms with van der Waals surface area (Å²) in [6, 6.07) is 9.88. The van der Waals surface area contributed by atoms with Crippen LogP contribution in [0, 0.1) is 17.2 Å². The molecule has 0 radical (unpaired) electrons. The predicted molar refractivity (Wildman–Crippen MR) is 77.6 cm³/mol. The molecule has 0 saturated heterocycles. The van der Waals surface area contributed by atoms with Gasteiger partial charge in [-0.15, -0.1) is 0 Å². The smallest absolute Gasteiger partial charge is 0.251 e. The number of nitrogens with one attached hydrogen (secondary N) is 1. The Morgan fingerprint density at radius 3 is 2.47 bits per heavy atom. The first-order valence-corrected chi connectivity index (χ1v) is 7.41. The second kappa shape index (κ2) is 6.72. The van der Waals surface area contributed by atoms with Crippen LogP contribution in [-0.2, 0) is 0 Å². The molecule has 1 amide bonds. The minimum absolute atomic E-state index is 0.00349. The second-order valence-electron chi connectivity index (χ2n) is 5.06. The average Bonchev–Trinajstić information content (AvgIpc) is 2.42. The Kier molecular flexibility index (Phi) is 4.98. The molecule has 4 heteroatoms. The molecule has 0 bridgehead atoms. The molecule has 1 N–H and O–H groups in total. The van der Waals surface area contributed by atoms with Crippen molar-refractivity contribution >= 4 is 21.8 Å². The van der Waals surface area contributed by atoms with Gasteiger partial charge in [-0.3, -0.25) is 4.79 Å². The van der Waals surface area contributed by atoms with Crippen molar-refractivity contribution in [2.24, 2.45) is 5.92 Å². The molecule has 1 aliphatic rings. The number of amides is 1. The van der Waals surface area contributed by atoms with Crippen molar-refractivity contribution in [3.63, 3.8) is 0 Å². The van der Waals surface area contributed by atoms with Gasteiger partial charge in [0.1, 0.15) is 0 Å². The number of nitriles is 1. The van der Waals surface area contributed by atoms with E-state index in [9.17, 15) is 4.79 Å². The summed E-state index contributed by atoms with van der Waals surface area (Å²) in [6.45, 7) is 0. The lowest BCUT2D eigenvalue weighted by atomic mass is 9.84. The van der Waals surface area contributed by atoms with E-state index in [1.165, 1.54) is 0 Å². The van der Waals surface area contributed by atoms with E-state index in [0.29, 0.717) is 17.9 Å². The topological polar surface area (TPSA) is 52.9 Å². The van der Waals surface area contributed by atoms with Crippen molar-refractivity contribution in [1.82, 2.24) is 5.32 Å². The van der Waals surface area contributed by atoms with Crippen molar-refractivity contribution < 1.29 is 4.79 Å². The fourth-order valence-corrected chi connectivity index (χ4v) is 2.77. The molecule has 0 aromatic heterocycles. The second-order valence-corrected chi connectivity index (χ2v) is 5.98. The molecule has 0 atom stereocenters. The van der Waals surface area contributed by atoms with Gasteiger partial charge in [-0.2, -0.15) is 5.26 Å². The van der Waals surface area contributed by atoms with Crippen LogP contribution in [0.4, 0.5) is 0 Å². The van der Waals surface area contributed by atoms with Crippen molar-refractivity contribution in [2.75, 3.05) is 0 Å². The molecule has 1 aromatic carbocycles. The molecule has 0 heterocycles. The van der Waals surface area contributed by atoms with Gasteiger partial charge in [-0.25, -0.2) is 0 Å². The van der Waals surface area contributed by atoms with Gasteiger partial charge >= 0.3 is 0 Å². The number of hydrogen-bond donors (Lipinski definition) is 1. The molecule has 3 nitrogen and oxygen atoms in total. The highest BCUT2D eigenvalue weighted by molar-refractivity contribution is 9.10. The maximum Gasteiger partial charge on any atom is 0.251 e. The van der Waals surface area contributed by atoms with E-state index >= 15 is 0 Å². The standard InChI is InChI=1S/C15H17BrN2O/c16-13-5-3-12(4-6-13)15(19)18-14-7-1-11(2-8-14)9-10-17/h3-6,11,14H,1-2,7-9H2,(H,18,19). The molecule has 100 valence electrons. The van der Waals surface area contributed by atoms with E-state index in [4.69, 9.17) is 5.26 Å². The summed E-state index contributed by atoms with van der Waals surface area (Å²) >= 11 is 3.36. The lowest BCUT2D eigenvalue weighted by Gasteiger charge is -2.27. The van der Waals surface area contributed by atoms with E-state index in [-0.39, 0.29) is 11.9 Å². The number of halogens is 1. The highest BCUT2D eigenvalue weighted by Crippen LogP contribution is 2.26. The van der Waals surface area contributed by atoms with E-state index in [1.54, 1.807) is 0 Å². The third-order valence-electron chi connectivity index (χ3n) is 3.67. The van der Waals surface area contributed by atoms with Gasteiger partial charge in [-0.1, -0.05) is 15.9 Å². The van der Waals surface area contributed by atoms with Crippen LogP contribution in [-0.4, -0.2) is 11.9 Å². The Bertz CT molecular complexity index is 470. The summed E-state index contributed by atoms with van der Waals surface area (Å²) < 4.78 is 0.973. The summed E-state index contributed by atoms with van der Waals surface area (Å²) in [6.07, 6.45) is 4.69. The summed E-state index contributed by atoms with van der Waals surface area (Å²) in [5.41, 5.74) is 0.697. The summed E-state index contributed by atoms with van der Waals surface area (Å²) in [5, 5.41) is 11.8. The number of nitrogens with zero attached hydrogens (tertiary/aromatic N) is 1. The quantitative estimate of drug-likeness (QED) is 0.924. The lowest BCUT2D eigenvalue weighted by Crippen LogP contribution is -2.37. The Labute approximate surface area is 122 Å². The monoisotopic (exact) mass is 320 g/mol. The van der Waals surface area contributed by atoms with Gasteiger partial charge in [0.2, 0.25) is 0 Å². The third kappa shape index (κ3) is 4.07. The normalized spacial score (nSPS) is 22.5. The van der Waals surface area contributed by atoms with E-state index in [1.807, 2.05) is 24.3 Å². The molecular formula is C15H17BrN2O. The van der Waals surface area contributed by atoms with Crippen LogP contribution < -0.4 is 5.32 Å². The maximum absolute atomic E-state index is 12.1. The molecule has 1 aromatic rings. The zero-order valence-electron chi connectivity index (χ0n) is 10.7. The van der Waals surface area contributed by atoms with Crippen LogP contribution >= 0.6 is 15.9 Å². The van der Waals surface area contributed by atoms with E-state index in [0.717, 1.165) is 30.2 Å². The van der Waals surface area contributed by atoms with Crippen molar-refractivity contribution in [1.29, 1.82) is 5.26 Å². The highest BCUT2D eigenvalue weighted by atomic mass is 79.9. The first-order chi connectivity index (χ1) is 9.19. The van der Waals surface area contributed by atoms with Crippen LogP contribution in [0.15, 0.2) is 28.7 Å². The van der Waals surface area contributed by atoms with Gasteiger partial charge < -0.3 is 5.32 Å². The minimum Gasteiger partial charge on any atom is -0.349 e. The number of rotatable bonds is 3.